The highest BCUT2D eigenvalue weighted by atomic mass is 16.6. The second-order valence-corrected chi connectivity index (χ2v) is 7.07. The van der Waals surface area contributed by atoms with Crippen molar-refractivity contribution in [2.75, 3.05) is 26.9 Å². The molecule has 28 heavy (non-hydrogen) atoms. The second-order valence-electron chi connectivity index (χ2n) is 7.07. The molecular formula is C22H40O6. The number of carbonyl (C=O) groups excluding carboxylic acids is 2. The Balaban J connectivity index is 3.39. The topological polar surface area (TPSA) is 82.1 Å². The molecule has 0 rings (SSSR count). The molecule has 0 aromatic rings. The van der Waals surface area contributed by atoms with Crippen molar-refractivity contribution < 1.29 is 28.9 Å². The van der Waals surface area contributed by atoms with Gasteiger partial charge in [-0.15, -0.1) is 0 Å². The molecule has 1 atom stereocenters. The van der Waals surface area contributed by atoms with Gasteiger partial charge in [-0.1, -0.05) is 44.3 Å². The Kier molecular flexibility index (Phi) is 19.3. The van der Waals surface area contributed by atoms with Crippen LogP contribution in [-0.2, 0) is 23.8 Å². The third-order valence-corrected chi connectivity index (χ3v) is 4.35. The molecule has 0 amide bonds. The standard InChI is InChI=1S/C22H40O6/c1-20(24)28-21(18-23)19-27-22(25)16-14-12-10-8-6-4-3-5-7-9-11-13-15-17-26-2/h3,5,21,23H,4,6-19H2,1-2H3/b5-3-. The van der Waals surface area contributed by atoms with E-state index in [1.165, 1.54) is 45.4 Å². The van der Waals surface area contributed by atoms with Gasteiger partial charge < -0.3 is 19.3 Å². The predicted molar refractivity (Wildman–Crippen MR) is 110 cm³/mol. The Morgan fingerprint density at radius 2 is 1.46 bits per heavy atom. The zero-order valence-electron chi connectivity index (χ0n) is 17.8. The summed E-state index contributed by atoms with van der Waals surface area (Å²) in [5, 5.41) is 9.03. The first kappa shape index (κ1) is 26.6. The van der Waals surface area contributed by atoms with Crippen LogP contribution in [0.5, 0.6) is 0 Å². The lowest BCUT2D eigenvalue weighted by Crippen LogP contribution is -2.27. The molecule has 0 aliphatic carbocycles. The molecular weight excluding hydrogens is 360 g/mol. The zero-order valence-corrected chi connectivity index (χ0v) is 17.8. The van der Waals surface area contributed by atoms with Gasteiger partial charge in [0.2, 0.25) is 0 Å². The molecule has 0 heterocycles. The van der Waals surface area contributed by atoms with E-state index >= 15 is 0 Å². The number of rotatable bonds is 19. The van der Waals surface area contributed by atoms with Gasteiger partial charge in [0.05, 0.1) is 6.61 Å². The van der Waals surface area contributed by atoms with Crippen LogP contribution in [0.3, 0.4) is 0 Å². The molecule has 1 N–H and O–H groups in total. The number of esters is 2. The van der Waals surface area contributed by atoms with E-state index in [0.29, 0.717) is 6.42 Å². The molecule has 0 bridgehead atoms. The van der Waals surface area contributed by atoms with Crippen LogP contribution in [0.4, 0.5) is 0 Å². The number of carbonyl (C=O) groups is 2. The Labute approximate surface area is 170 Å². The second kappa shape index (κ2) is 20.3. The summed E-state index contributed by atoms with van der Waals surface area (Å²) < 4.78 is 14.9. The summed E-state index contributed by atoms with van der Waals surface area (Å²) in [6.07, 6.45) is 16.7. The first-order valence-electron chi connectivity index (χ1n) is 10.7. The Bertz CT molecular complexity index is 408. The molecule has 0 saturated heterocycles. The highest BCUT2D eigenvalue weighted by molar-refractivity contribution is 5.69. The summed E-state index contributed by atoms with van der Waals surface area (Å²) in [5.74, 6) is -0.807. The van der Waals surface area contributed by atoms with Crippen molar-refractivity contribution in [3.05, 3.63) is 12.2 Å². The van der Waals surface area contributed by atoms with Crippen molar-refractivity contribution in [3.63, 3.8) is 0 Å². The highest BCUT2D eigenvalue weighted by Gasteiger charge is 2.13. The molecule has 164 valence electrons. The molecule has 0 aromatic heterocycles. The summed E-state index contributed by atoms with van der Waals surface area (Å²) in [6, 6.07) is 0. The largest absolute Gasteiger partial charge is 0.462 e. The lowest BCUT2D eigenvalue weighted by Gasteiger charge is -2.14. The van der Waals surface area contributed by atoms with Gasteiger partial charge in [0.1, 0.15) is 6.61 Å². The lowest BCUT2D eigenvalue weighted by atomic mass is 10.1. The predicted octanol–water partition coefficient (Wildman–Crippen LogP) is 4.34. The molecule has 0 spiro atoms. The van der Waals surface area contributed by atoms with Crippen LogP contribution in [0.1, 0.15) is 84.0 Å². The Hall–Kier alpha value is -1.40. The van der Waals surface area contributed by atoms with Gasteiger partial charge >= 0.3 is 11.9 Å². The summed E-state index contributed by atoms with van der Waals surface area (Å²) in [7, 11) is 1.75. The van der Waals surface area contributed by atoms with E-state index in [0.717, 1.165) is 38.7 Å². The van der Waals surface area contributed by atoms with Crippen LogP contribution < -0.4 is 0 Å². The van der Waals surface area contributed by atoms with Gasteiger partial charge in [-0.2, -0.15) is 0 Å². The van der Waals surface area contributed by atoms with Crippen molar-refractivity contribution in [1.29, 1.82) is 0 Å². The quantitative estimate of drug-likeness (QED) is 0.197. The van der Waals surface area contributed by atoms with Crippen LogP contribution >= 0.6 is 0 Å². The average molecular weight is 401 g/mol. The van der Waals surface area contributed by atoms with Crippen molar-refractivity contribution in [3.8, 4) is 0 Å². The number of aliphatic hydroxyl groups is 1. The molecule has 0 aliphatic rings. The Morgan fingerprint density at radius 1 is 0.893 bits per heavy atom. The van der Waals surface area contributed by atoms with Gasteiger partial charge in [-0.25, -0.2) is 0 Å². The molecule has 0 radical (unpaired) electrons. The number of aliphatic hydroxyl groups excluding tert-OH is 1. The van der Waals surface area contributed by atoms with Crippen LogP contribution in [0.15, 0.2) is 12.2 Å². The third kappa shape index (κ3) is 19.4. The first-order chi connectivity index (χ1) is 13.6. The Morgan fingerprint density at radius 3 is 2.04 bits per heavy atom. The number of unbranched alkanes of at least 4 members (excludes halogenated alkanes) is 9. The normalized spacial score (nSPS) is 12.2. The summed E-state index contributed by atoms with van der Waals surface area (Å²) >= 11 is 0. The van der Waals surface area contributed by atoms with Crippen LogP contribution in [0.2, 0.25) is 0 Å². The third-order valence-electron chi connectivity index (χ3n) is 4.35. The number of methoxy groups -OCH3 is 1. The first-order valence-corrected chi connectivity index (χ1v) is 10.7. The van der Waals surface area contributed by atoms with Gasteiger partial charge in [0, 0.05) is 27.1 Å². The van der Waals surface area contributed by atoms with Gasteiger partial charge in [0.25, 0.3) is 0 Å². The van der Waals surface area contributed by atoms with Gasteiger partial charge in [-0.3, -0.25) is 9.59 Å². The molecule has 6 heteroatoms. The fourth-order valence-corrected chi connectivity index (χ4v) is 2.78. The lowest BCUT2D eigenvalue weighted by molar-refractivity contribution is -0.159. The summed E-state index contributed by atoms with van der Waals surface area (Å²) in [4.78, 5) is 22.4. The van der Waals surface area contributed by atoms with Crippen molar-refractivity contribution in [2.24, 2.45) is 0 Å². The van der Waals surface area contributed by atoms with E-state index in [1.807, 2.05) is 0 Å². The monoisotopic (exact) mass is 400 g/mol. The maximum Gasteiger partial charge on any atom is 0.305 e. The molecule has 0 fully saturated rings. The van der Waals surface area contributed by atoms with E-state index in [-0.39, 0.29) is 19.2 Å². The van der Waals surface area contributed by atoms with Crippen molar-refractivity contribution in [1.82, 2.24) is 0 Å². The van der Waals surface area contributed by atoms with E-state index in [4.69, 9.17) is 19.3 Å². The van der Waals surface area contributed by atoms with Crippen LogP contribution in [0.25, 0.3) is 0 Å². The van der Waals surface area contributed by atoms with Crippen molar-refractivity contribution >= 4 is 11.9 Å². The van der Waals surface area contributed by atoms with E-state index in [9.17, 15) is 9.59 Å². The number of allylic oxidation sites excluding steroid dienone is 2. The average Bonchev–Trinajstić information content (AvgIpc) is 2.67. The maximum absolute atomic E-state index is 11.6. The van der Waals surface area contributed by atoms with Crippen molar-refractivity contribution in [2.45, 2.75) is 90.1 Å². The summed E-state index contributed by atoms with van der Waals surface area (Å²) in [5.41, 5.74) is 0. The van der Waals surface area contributed by atoms with Crippen LogP contribution in [0, 0.1) is 0 Å². The maximum atomic E-state index is 11.6. The van der Waals surface area contributed by atoms with Crippen LogP contribution in [-0.4, -0.2) is 50.1 Å². The number of ether oxygens (including phenoxy) is 3. The van der Waals surface area contributed by atoms with E-state index in [2.05, 4.69) is 12.2 Å². The molecule has 0 aliphatic heterocycles. The fourth-order valence-electron chi connectivity index (χ4n) is 2.78. The minimum Gasteiger partial charge on any atom is -0.462 e. The van der Waals surface area contributed by atoms with E-state index < -0.39 is 12.1 Å². The van der Waals surface area contributed by atoms with E-state index in [1.54, 1.807) is 7.11 Å². The van der Waals surface area contributed by atoms with Gasteiger partial charge in [0.15, 0.2) is 6.10 Å². The number of hydrogen-bond donors (Lipinski definition) is 1. The molecule has 0 aromatic carbocycles. The molecule has 1 unspecified atom stereocenters. The molecule has 0 saturated carbocycles. The minimum absolute atomic E-state index is 0.0889. The smallest absolute Gasteiger partial charge is 0.305 e. The molecule has 6 nitrogen and oxygen atoms in total. The zero-order chi connectivity index (χ0) is 20.9. The number of hydrogen-bond acceptors (Lipinski definition) is 6. The van der Waals surface area contributed by atoms with Gasteiger partial charge in [-0.05, 0) is 38.5 Å². The fraction of sp³-hybridized carbons (Fsp3) is 0.818. The summed E-state index contributed by atoms with van der Waals surface area (Å²) in [6.45, 7) is 1.69. The SMILES string of the molecule is COCCCCCC/C=C\CCCCCCCC(=O)OCC(CO)OC(C)=O. The highest BCUT2D eigenvalue weighted by Crippen LogP contribution is 2.09. The minimum atomic E-state index is -0.773.